The number of nitrogens with one attached hydrogen (secondary N) is 1. The topological polar surface area (TPSA) is 92.4 Å². The van der Waals surface area contributed by atoms with Crippen LogP contribution in [0.3, 0.4) is 0 Å². The highest BCUT2D eigenvalue weighted by molar-refractivity contribution is 6.04. The van der Waals surface area contributed by atoms with Crippen molar-refractivity contribution in [1.29, 1.82) is 0 Å². The fraction of sp³-hybridized carbons (Fsp3) is 0.320. The molecule has 1 aliphatic rings. The Bertz CT molecular complexity index is 1550. The first kappa shape index (κ1) is 26.3. The first-order valence-corrected chi connectivity index (χ1v) is 11.6. The maximum atomic E-state index is 13.5. The van der Waals surface area contributed by atoms with Gasteiger partial charge in [-0.05, 0) is 29.8 Å². The summed E-state index contributed by atoms with van der Waals surface area (Å²) in [6, 6.07) is 4.79. The first-order valence-electron chi connectivity index (χ1n) is 11.6. The van der Waals surface area contributed by atoms with Gasteiger partial charge in [-0.1, -0.05) is 0 Å². The average molecular weight is 551 g/mol. The van der Waals surface area contributed by atoms with Crippen LogP contribution in [0.4, 0.5) is 22.0 Å². The Morgan fingerprint density at radius 3 is 2.23 bits per heavy atom. The molecule has 2 aromatic carbocycles. The van der Waals surface area contributed by atoms with Crippen LogP contribution in [0.1, 0.15) is 16.8 Å². The zero-order valence-corrected chi connectivity index (χ0v) is 20.8. The molecule has 4 aromatic rings. The summed E-state index contributed by atoms with van der Waals surface area (Å²) < 4.78 is 84.8. The standard InChI is InChI=1S/C25H22F5N5O4/c1-34-10-13(9-31-34)11-4-16-20(18(5-11)38-24(27)28)22(35(2)33-16)12-6-17(37-3)21(19(7-12)39-25(29)30)23(36)32-15-8-14(15)26/h4-7,9-10,14-15,24-25H,8H2,1-3H3,(H,32,36)/t14-,15+/m0/s1. The minimum absolute atomic E-state index is 0.103. The fourth-order valence-electron chi connectivity index (χ4n) is 4.40. The van der Waals surface area contributed by atoms with Crippen molar-refractivity contribution in [2.45, 2.75) is 31.9 Å². The number of hydrogen-bond acceptors (Lipinski definition) is 6. The Labute approximate surface area is 218 Å². The zero-order chi connectivity index (χ0) is 28.0. The average Bonchev–Trinajstić information content (AvgIpc) is 3.21. The number of aromatic nitrogens is 4. The van der Waals surface area contributed by atoms with Crippen molar-refractivity contribution in [2.75, 3.05) is 7.11 Å². The number of carbonyl (C=O) groups excluding carboxylic acids is 1. The maximum absolute atomic E-state index is 13.5. The predicted octanol–water partition coefficient (Wildman–Crippen LogP) is 4.69. The van der Waals surface area contributed by atoms with Crippen molar-refractivity contribution < 1.29 is 41.0 Å². The molecule has 1 amide bonds. The number of halogens is 5. The molecule has 0 saturated heterocycles. The monoisotopic (exact) mass is 551 g/mol. The quantitative estimate of drug-likeness (QED) is 0.304. The second-order valence-electron chi connectivity index (χ2n) is 8.88. The van der Waals surface area contributed by atoms with Crippen LogP contribution in [-0.4, -0.2) is 58.0 Å². The van der Waals surface area contributed by atoms with Crippen molar-refractivity contribution in [2.24, 2.45) is 14.1 Å². The predicted molar refractivity (Wildman–Crippen MR) is 129 cm³/mol. The van der Waals surface area contributed by atoms with Gasteiger partial charge in [0.1, 0.15) is 29.0 Å². The van der Waals surface area contributed by atoms with Gasteiger partial charge in [0.2, 0.25) is 0 Å². The van der Waals surface area contributed by atoms with Crippen molar-refractivity contribution >= 4 is 16.8 Å². The molecule has 206 valence electrons. The lowest BCUT2D eigenvalue weighted by molar-refractivity contribution is -0.0505. The van der Waals surface area contributed by atoms with Crippen LogP contribution in [-0.2, 0) is 14.1 Å². The molecule has 1 aliphatic carbocycles. The van der Waals surface area contributed by atoms with Crippen molar-refractivity contribution in [1.82, 2.24) is 24.9 Å². The molecule has 1 fully saturated rings. The van der Waals surface area contributed by atoms with E-state index in [1.54, 1.807) is 30.2 Å². The number of ether oxygens (including phenoxy) is 3. The van der Waals surface area contributed by atoms with Crippen molar-refractivity contribution in [3.05, 3.63) is 42.2 Å². The van der Waals surface area contributed by atoms with Crippen LogP contribution in [0.2, 0.25) is 0 Å². The van der Waals surface area contributed by atoms with E-state index in [1.807, 2.05) is 0 Å². The Balaban J connectivity index is 1.70. The van der Waals surface area contributed by atoms with Crippen LogP contribution in [0.25, 0.3) is 33.3 Å². The first-order chi connectivity index (χ1) is 18.5. The number of alkyl halides is 5. The van der Waals surface area contributed by atoms with E-state index in [4.69, 9.17) is 9.47 Å². The van der Waals surface area contributed by atoms with E-state index in [9.17, 15) is 26.7 Å². The van der Waals surface area contributed by atoms with Gasteiger partial charge in [-0.25, -0.2) is 4.39 Å². The largest absolute Gasteiger partial charge is 0.496 e. The van der Waals surface area contributed by atoms with Crippen LogP contribution in [0.15, 0.2) is 36.7 Å². The fourth-order valence-corrected chi connectivity index (χ4v) is 4.40. The number of aryl methyl sites for hydroxylation is 2. The van der Waals surface area contributed by atoms with Gasteiger partial charge in [0.05, 0.1) is 35.9 Å². The molecule has 0 radical (unpaired) electrons. The number of hydrogen-bond donors (Lipinski definition) is 1. The van der Waals surface area contributed by atoms with E-state index >= 15 is 0 Å². The van der Waals surface area contributed by atoms with E-state index < -0.39 is 37.1 Å². The third kappa shape index (κ3) is 5.18. The number of nitrogens with zero attached hydrogens (tertiary/aromatic N) is 4. The van der Waals surface area contributed by atoms with Gasteiger partial charge in [0, 0.05) is 37.8 Å². The molecule has 0 spiro atoms. The third-order valence-corrected chi connectivity index (χ3v) is 6.19. The molecule has 2 heterocycles. The Kier molecular flexibility index (Phi) is 6.78. The molecule has 14 heteroatoms. The van der Waals surface area contributed by atoms with Crippen LogP contribution in [0, 0.1) is 0 Å². The second kappa shape index (κ2) is 10.1. The molecule has 2 atom stereocenters. The summed E-state index contributed by atoms with van der Waals surface area (Å²) >= 11 is 0. The number of carbonyl (C=O) groups is 1. The molecule has 39 heavy (non-hydrogen) atoms. The van der Waals surface area contributed by atoms with Crippen LogP contribution >= 0.6 is 0 Å². The van der Waals surface area contributed by atoms with E-state index in [0.717, 1.165) is 6.07 Å². The maximum Gasteiger partial charge on any atom is 0.387 e. The summed E-state index contributed by atoms with van der Waals surface area (Å²) in [7, 11) is 4.44. The third-order valence-electron chi connectivity index (χ3n) is 6.19. The van der Waals surface area contributed by atoms with Crippen molar-refractivity contribution in [3.8, 4) is 39.6 Å². The number of benzene rings is 2. The number of amides is 1. The highest BCUT2D eigenvalue weighted by atomic mass is 19.3. The molecular weight excluding hydrogens is 529 g/mol. The molecule has 2 aromatic heterocycles. The van der Waals surface area contributed by atoms with Gasteiger partial charge in [-0.2, -0.15) is 27.8 Å². The van der Waals surface area contributed by atoms with Crippen LogP contribution in [0.5, 0.6) is 17.2 Å². The zero-order valence-electron chi connectivity index (χ0n) is 20.8. The smallest absolute Gasteiger partial charge is 0.387 e. The lowest BCUT2D eigenvalue weighted by atomic mass is 10.0. The number of methoxy groups -OCH3 is 1. The molecule has 5 rings (SSSR count). The highest BCUT2D eigenvalue weighted by Gasteiger charge is 2.40. The Hall–Kier alpha value is -4.36. The van der Waals surface area contributed by atoms with Crippen LogP contribution < -0.4 is 19.5 Å². The molecule has 9 nitrogen and oxygen atoms in total. The number of rotatable bonds is 9. The summed E-state index contributed by atoms with van der Waals surface area (Å²) in [6.45, 7) is -6.49. The van der Waals surface area contributed by atoms with E-state index in [2.05, 4.69) is 20.3 Å². The minimum atomic E-state index is -3.31. The molecule has 0 bridgehead atoms. The van der Waals surface area contributed by atoms with Gasteiger partial charge in [0.25, 0.3) is 5.91 Å². The summed E-state index contributed by atoms with van der Waals surface area (Å²) in [5.74, 6) is -1.79. The van der Waals surface area contributed by atoms with E-state index in [1.165, 1.54) is 31.0 Å². The lowest BCUT2D eigenvalue weighted by Gasteiger charge is -2.17. The Morgan fingerprint density at radius 1 is 1.00 bits per heavy atom. The second-order valence-corrected chi connectivity index (χ2v) is 8.88. The van der Waals surface area contributed by atoms with E-state index in [0.29, 0.717) is 11.1 Å². The summed E-state index contributed by atoms with van der Waals surface area (Å²) in [5.41, 5.74) is 1.40. The van der Waals surface area contributed by atoms with Gasteiger partial charge in [-0.3, -0.25) is 14.2 Å². The SMILES string of the molecule is COc1cc(-c2c3c(OC(F)F)cc(-c4cnn(C)c4)cc3nn2C)cc(OC(F)F)c1C(=O)N[C@@H]1C[C@@H]1F. The minimum Gasteiger partial charge on any atom is -0.496 e. The molecule has 1 saturated carbocycles. The van der Waals surface area contributed by atoms with Gasteiger partial charge >= 0.3 is 13.2 Å². The van der Waals surface area contributed by atoms with Crippen molar-refractivity contribution in [3.63, 3.8) is 0 Å². The molecular formula is C25H22F5N5O4. The summed E-state index contributed by atoms with van der Waals surface area (Å²) in [6.07, 6.45) is 2.11. The summed E-state index contributed by atoms with van der Waals surface area (Å²) in [4.78, 5) is 12.8. The molecule has 0 aliphatic heterocycles. The Morgan fingerprint density at radius 2 is 1.64 bits per heavy atom. The highest BCUT2D eigenvalue weighted by Crippen LogP contribution is 2.43. The number of fused-ring (bicyclic) bond motifs is 1. The van der Waals surface area contributed by atoms with Gasteiger partial charge in [0.15, 0.2) is 0 Å². The summed E-state index contributed by atoms with van der Waals surface area (Å²) in [5, 5.41) is 11.1. The van der Waals surface area contributed by atoms with E-state index in [-0.39, 0.29) is 45.6 Å². The van der Waals surface area contributed by atoms with Gasteiger partial charge < -0.3 is 19.5 Å². The van der Waals surface area contributed by atoms with Gasteiger partial charge in [-0.15, -0.1) is 0 Å². The molecule has 0 unspecified atom stereocenters. The lowest BCUT2D eigenvalue weighted by Crippen LogP contribution is -2.28. The molecule has 1 N–H and O–H groups in total. The normalized spacial score (nSPS) is 16.7.